The van der Waals surface area contributed by atoms with Gasteiger partial charge in [0.15, 0.2) is 0 Å². The quantitative estimate of drug-likeness (QED) is 0.514. The summed E-state index contributed by atoms with van der Waals surface area (Å²) in [6, 6.07) is 14.7. The molecule has 1 heterocycles. The molecule has 1 amide bonds. The van der Waals surface area contributed by atoms with Crippen LogP contribution in [0.5, 0.6) is 0 Å². The number of nitrogens with zero attached hydrogens (tertiary/aromatic N) is 1. The van der Waals surface area contributed by atoms with Crippen molar-refractivity contribution in [2.24, 2.45) is 0 Å². The summed E-state index contributed by atoms with van der Waals surface area (Å²) in [6.45, 7) is 1.70. The van der Waals surface area contributed by atoms with Crippen LogP contribution in [0, 0.1) is 6.92 Å². The zero-order valence-electron chi connectivity index (χ0n) is 16.5. The van der Waals surface area contributed by atoms with Crippen LogP contribution in [0.2, 0.25) is 5.02 Å². The second-order valence-corrected chi connectivity index (χ2v) is 8.86. The summed E-state index contributed by atoms with van der Waals surface area (Å²) in [5.41, 5.74) is 2.05. The lowest BCUT2D eigenvalue weighted by Crippen LogP contribution is -2.21. The molecule has 154 valence electrons. The molecule has 1 atom stereocenters. The largest absolute Gasteiger partial charge is 0.360 e. The van der Waals surface area contributed by atoms with Crippen LogP contribution in [0.1, 0.15) is 41.8 Å². The van der Waals surface area contributed by atoms with Crippen LogP contribution in [-0.4, -0.2) is 22.1 Å². The molecule has 0 saturated heterocycles. The second kappa shape index (κ2) is 9.06. The average molecular weight is 441 g/mol. The Labute approximate surface area is 184 Å². The third-order valence-electron chi connectivity index (χ3n) is 5.12. The number of anilines is 1. The molecule has 4 rings (SSSR count). The highest BCUT2D eigenvalue weighted by Crippen LogP contribution is 2.37. The van der Waals surface area contributed by atoms with Crippen LogP contribution in [0.25, 0.3) is 11.3 Å². The summed E-state index contributed by atoms with van der Waals surface area (Å²) in [4.78, 5) is 26.3. The number of para-hydroxylation sites is 1. The number of rotatable bonds is 5. The fourth-order valence-corrected chi connectivity index (χ4v) is 5.03. The van der Waals surface area contributed by atoms with Gasteiger partial charge in [-0.15, -0.1) is 11.8 Å². The van der Waals surface area contributed by atoms with Gasteiger partial charge < -0.3 is 9.84 Å². The van der Waals surface area contributed by atoms with Crippen LogP contribution < -0.4 is 5.32 Å². The van der Waals surface area contributed by atoms with Crippen LogP contribution in [0.4, 0.5) is 5.69 Å². The highest BCUT2D eigenvalue weighted by atomic mass is 35.5. The molecule has 1 aliphatic carbocycles. The number of thioether (sulfide) groups is 1. The van der Waals surface area contributed by atoms with E-state index in [4.69, 9.17) is 16.1 Å². The number of halogens is 1. The number of aromatic nitrogens is 1. The number of ketones is 1. The molecule has 30 heavy (non-hydrogen) atoms. The minimum atomic E-state index is -0.327. The maximum Gasteiger partial charge on any atom is 0.261 e. The molecule has 0 bridgehead atoms. The van der Waals surface area contributed by atoms with E-state index in [1.54, 1.807) is 19.1 Å². The molecule has 0 spiro atoms. The highest BCUT2D eigenvalue weighted by Gasteiger charge is 2.26. The molecular formula is C23H21ClN2O3S. The molecule has 7 heteroatoms. The fourth-order valence-electron chi connectivity index (χ4n) is 3.56. The van der Waals surface area contributed by atoms with Crippen LogP contribution in [-0.2, 0) is 4.79 Å². The van der Waals surface area contributed by atoms with E-state index in [1.165, 1.54) is 11.8 Å². The van der Waals surface area contributed by atoms with Crippen molar-refractivity contribution in [2.45, 2.75) is 42.8 Å². The molecule has 1 aromatic heterocycles. The predicted octanol–water partition coefficient (Wildman–Crippen LogP) is 6.16. The number of hydrogen-bond donors (Lipinski definition) is 1. The summed E-state index contributed by atoms with van der Waals surface area (Å²) < 4.78 is 5.31. The summed E-state index contributed by atoms with van der Waals surface area (Å²) in [6.07, 6.45) is 3.52. The molecule has 0 radical (unpaired) electrons. The van der Waals surface area contributed by atoms with Crippen molar-refractivity contribution in [1.82, 2.24) is 5.16 Å². The first-order chi connectivity index (χ1) is 14.5. The lowest BCUT2D eigenvalue weighted by atomic mass is 9.99. The van der Waals surface area contributed by atoms with Crippen LogP contribution >= 0.6 is 23.4 Å². The molecule has 0 aliphatic heterocycles. The summed E-state index contributed by atoms with van der Waals surface area (Å²) in [5, 5.41) is 7.47. The van der Waals surface area contributed by atoms with Gasteiger partial charge in [-0.25, -0.2) is 0 Å². The van der Waals surface area contributed by atoms with Crippen molar-refractivity contribution < 1.29 is 14.1 Å². The second-order valence-electron chi connectivity index (χ2n) is 7.21. The number of carbonyl (C=O) groups is 2. The van der Waals surface area contributed by atoms with Gasteiger partial charge in [0.2, 0.25) is 0 Å². The standard InChI is InChI=1S/C23H21ClN2O3S/c1-14-21(22(26-29-14)15-8-2-3-9-16(15)24)23(28)25-17-10-4-6-12-19(17)30-20-13-7-5-11-18(20)27/h2-4,6,8-10,12,20H,5,7,11,13H2,1H3,(H,25,28). The van der Waals surface area contributed by atoms with Crippen molar-refractivity contribution in [1.29, 1.82) is 0 Å². The topological polar surface area (TPSA) is 72.2 Å². The Morgan fingerprint density at radius 3 is 2.73 bits per heavy atom. The first kappa shape index (κ1) is 20.7. The monoisotopic (exact) mass is 440 g/mol. The molecule has 5 nitrogen and oxygen atoms in total. The molecule has 1 N–H and O–H groups in total. The SMILES string of the molecule is Cc1onc(-c2ccccc2Cl)c1C(=O)Nc1ccccc1SC1CCCCC1=O. The van der Waals surface area contributed by atoms with Crippen molar-refractivity contribution in [3.05, 3.63) is 64.9 Å². The smallest absolute Gasteiger partial charge is 0.261 e. The van der Waals surface area contributed by atoms with E-state index in [9.17, 15) is 9.59 Å². The number of hydrogen-bond acceptors (Lipinski definition) is 5. The van der Waals surface area contributed by atoms with Crippen molar-refractivity contribution >= 4 is 40.7 Å². The van der Waals surface area contributed by atoms with Crippen molar-refractivity contribution in [3.8, 4) is 11.3 Å². The van der Waals surface area contributed by atoms with Crippen molar-refractivity contribution in [2.75, 3.05) is 5.32 Å². The Morgan fingerprint density at radius 1 is 1.17 bits per heavy atom. The number of aryl methyl sites for hydroxylation is 1. The summed E-state index contributed by atoms with van der Waals surface area (Å²) >= 11 is 7.82. The first-order valence-corrected chi connectivity index (χ1v) is 11.1. The van der Waals surface area contributed by atoms with E-state index < -0.39 is 0 Å². The number of Topliss-reactive ketones (excluding diaryl/α,β-unsaturated/α-hetero) is 1. The van der Waals surface area contributed by atoms with Crippen LogP contribution in [0.3, 0.4) is 0 Å². The number of carbonyl (C=O) groups excluding carboxylic acids is 2. The lowest BCUT2D eigenvalue weighted by molar-refractivity contribution is -0.119. The highest BCUT2D eigenvalue weighted by molar-refractivity contribution is 8.00. The van der Waals surface area contributed by atoms with E-state index in [2.05, 4.69) is 10.5 Å². The van der Waals surface area contributed by atoms with E-state index >= 15 is 0 Å². The van der Waals surface area contributed by atoms with E-state index in [0.717, 1.165) is 24.2 Å². The molecule has 1 saturated carbocycles. The van der Waals surface area contributed by atoms with Gasteiger partial charge in [0.1, 0.15) is 22.8 Å². The maximum absolute atomic E-state index is 13.2. The van der Waals surface area contributed by atoms with E-state index in [1.807, 2.05) is 36.4 Å². The Morgan fingerprint density at radius 2 is 1.93 bits per heavy atom. The van der Waals surface area contributed by atoms with Gasteiger partial charge in [-0.05, 0) is 38.0 Å². The number of nitrogens with one attached hydrogen (secondary N) is 1. The zero-order chi connectivity index (χ0) is 21.1. The Hall–Kier alpha value is -2.57. The molecule has 1 aliphatic rings. The van der Waals surface area contributed by atoms with E-state index in [0.29, 0.717) is 39.7 Å². The minimum Gasteiger partial charge on any atom is -0.360 e. The van der Waals surface area contributed by atoms with Gasteiger partial charge >= 0.3 is 0 Å². The van der Waals surface area contributed by atoms with Crippen molar-refractivity contribution in [3.63, 3.8) is 0 Å². The molecule has 2 aromatic carbocycles. The van der Waals surface area contributed by atoms with Gasteiger partial charge in [0.25, 0.3) is 5.91 Å². The summed E-state index contributed by atoms with van der Waals surface area (Å²) in [5.74, 6) is 0.366. The van der Waals surface area contributed by atoms with E-state index in [-0.39, 0.29) is 16.9 Å². The lowest BCUT2D eigenvalue weighted by Gasteiger charge is -2.21. The number of amides is 1. The normalized spacial score (nSPS) is 16.5. The van der Waals surface area contributed by atoms with Gasteiger partial charge in [0.05, 0.1) is 16.0 Å². The Kier molecular flexibility index (Phi) is 6.25. The van der Waals surface area contributed by atoms with Gasteiger partial charge in [-0.2, -0.15) is 0 Å². The number of benzene rings is 2. The maximum atomic E-state index is 13.2. The minimum absolute atomic E-state index is 0.0622. The zero-order valence-corrected chi connectivity index (χ0v) is 18.1. The van der Waals surface area contributed by atoms with Gasteiger partial charge in [-0.1, -0.05) is 53.5 Å². The molecule has 3 aromatic rings. The Balaban J connectivity index is 1.61. The third kappa shape index (κ3) is 4.30. The van der Waals surface area contributed by atoms with Gasteiger partial charge in [-0.3, -0.25) is 9.59 Å². The molecular weight excluding hydrogens is 420 g/mol. The average Bonchev–Trinajstić information content (AvgIpc) is 3.12. The molecule has 1 unspecified atom stereocenters. The Bertz CT molecular complexity index is 1100. The fraction of sp³-hybridized carbons (Fsp3) is 0.261. The van der Waals surface area contributed by atoms with Gasteiger partial charge in [0, 0.05) is 16.9 Å². The summed E-state index contributed by atoms with van der Waals surface area (Å²) in [7, 11) is 0. The molecule has 1 fully saturated rings. The first-order valence-electron chi connectivity index (χ1n) is 9.85. The third-order valence-corrected chi connectivity index (χ3v) is 6.84. The van der Waals surface area contributed by atoms with Crippen LogP contribution in [0.15, 0.2) is 57.9 Å². The predicted molar refractivity (Wildman–Crippen MR) is 119 cm³/mol.